The number of alkyl halides is 2. The molecule has 6 atom stereocenters. The summed E-state index contributed by atoms with van der Waals surface area (Å²) >= 11 is 0. The predicted molar refractivity (Wildman–Crippen MR) is 123 cm³/mol. The Bertz CT molecular complexity index is 1000. The molecule has 39 heavy (non-hydrogen) atoms. The van der Waals surface area contributed by atoms with Gasteiger partial charge in [0.05, 0.1) is 26.3 Å². The fourth-order valence-corrected chi connectivity index (χ4v) is 3.70. The van der Waals surface area contributed by atoms with Crippen LogP contribution in [0.1, 0.15) is 34.1 Å². The first-order valence-electron chi connectivity index (χ1n) is 11.3. The monoisotopic (exact) mass is 564 g/mol. The van der Waals surface area contributed by atoms with Gasteiger partial charge in [-0.25, -0.2) is 14.0 Å². The lowest BCUT2D eigenvalue weighted by atomic mass is 9.83. The van der Waals surface area contributed by atoms with Crippen LogP contribution < -0.4 is 10.6 Å². The SMILES string of the molecule is C#CCNC(=O)OC1([C@@H](COC(C)=O)OC(C)=O)COC(F)(C(=O)OC)C(F)C(OC(C)=O)[C@@H](NC(C)=O)C1. The highest BCUT2D eigenvalue weighted by Crippen LogP contribution is 2.38. The molecule has 0 radical (unpaired) electrons. The lowest BCUT2D eigenvalue weighted by Gasteiger charge is -2.46. The van der Waals surface area contributed by atoms with E-state index < -0.39 is 91.4 Å². The topological polar surface area (TPSA) is 182 Å². The highest BCUT2D eigenvalue weighted by atomic mass is 19.2. The van der Waals surface area contributed by atoms with Gasteiger partial charge in [0, 0.05) is 34.1 Å². The van der Waals surface area contributed by atoms with E-state index in [0.717, 1.165) is 27.7 Å². The zero-order valence-corrected chi connectivity index (χ0v) is 21.9. The van der Waals surface area contributed by atoms with Crippen LogP contribution in [0.25, 0.3) is 0 Å². The molecule has 0 saturated carbocycles. The third-order valence-corrected chi connectivity index (χ3v) is 5.25. The van der Waals surface area contributed by atoms with Gasteiger partial charge >= 0.3 is 35.8 Å². The highest BCUT2D eigenvalue weighted by Gasteiger charge is 2.62. The van der Waals surface area contributed by atoms with Crippen molar-refractivity contribution in [3.8, 4) is 12.3 Å². The molecule has 0 aliphatic carbocycles. The number of amides is 2. The number of hydrogen-bond donors (Lipinski definition) is 2. The third-order valence-electron chi connectivity index (χ3n) is 5.25. The Balaban J connectivity index is 3.92. The molecule has 2 N–H and O–H groups in total. The van der Waals surface area contributed by atoms with Crippen molar-refractivity contribution in [3.63, 3.8) is 0 Å². The molecule has 218 valence electrons. The molecule has 1 aliphatic rings. The summed E-state index contributed by atoms with van der Waals surface area (Å²) in [6, 6.07) is -1.75. The first-order valence-corrected chi connectivity index (χ1v) is 11.3. The van der Waals surface area contributed by atoms with Gasteiger partial charge in [-0.05, 0) is 0 Å². The molecule has 0 spiro atoms. The predicted octanol–water partition coefficient (Wildman–Crippen LogP) is -0.387. The molecular weight excluding hydrogens is 534 g/mol. The summed E-state index contributed by atoms with van der Waals surface area (Å²) in [5.74, 6) is -7.69. The summed E-state index contributed by atoms with van der Waals surface area (Å²) < 4.78 is 61.5. The van der Waals surface area contributed by atoms with Crippen LogP contribution in [0, 0.1) is 12.3 Å². The number of carbonyl (C=O) groups excluding carboxylic acids is 6. The Kier molecular flexibility index (Phi) is 12.1. The van der Waals surface area contributed by atoms with Gasteiger partial charge in [0.1, 0.15) is 6.61 Å². The van der Waals surface area contributed by atoms with E-state index in [0.29, 0.717) is 7.11 Å². The quantitative estimate of drug-likeness (QED) is 0.211. The number of methoxy groups -OCH3 is 1. The smallest absolute Gasteiger partial charge is 0.408 e. The summed E-state index contributed by atoms with van der Waals surface area (Å²) in [5.41, 5.74) is -2.43. The summed E-state index contributed by atoms with van der Waals surface area (Å²) in [6.45, 7) is 1.35. The second-order valence-electron chi connectivity index (χ2n) is 8.32. The molecule has 16 heteroatoms. The number of halogens is 2. The van der Waals surface area contributed by atoms with Crippen LogP contribution in [0.4, 0.5) is 13.6 Å². The van der Waals surface area contributed by atoms with Crippen LogP contribution in [0.3, 0.4) is 0 Å². The van der Waals surface area contributed by atoms with Gasteiger partial charge in [0.25, 0.3) is 0 Å². The van der Waals surface area contributed by atoms with Crippen molar-refractivity contribution in [2.24, 2.45) is 0 Å². The van der Waals surface area contributed by atoms with Crippen molar-refractivity contribution in [1.82, 2.24) is 10.6 Å². The van der Waals surface area contributed by atoms with E-state index in [1.165, 1.54) is 0 Å². The molecule has 1 heterocycles. The maximum absolute atomic E-state index is 16.0. The van der Waals surface area contributed by atoms with Crippen LogP contribution in [-0.4, -0.2) is 98.6 Å². The maximum atomic E-state index is 16.0. The van der Waals surface area contributed by atoms with E-state index in [9.17, 15) is 28.8 Å². The molecule has 0 aromatic carbocycles. The molecule has 4 unspecified atom stereocenters. The molecule has 1 rings (SSSR count). The summed E-state index contributed by atoms with van der Waals surface area (Å²) in [6.07, 6.45) is -4.12. The molecule has 0 aromatic heterocycles. The lowest BCUT2D eigenvalue weighted by molar-refractivity contribution is -0.267. The molecule has 14 nitrogen and oxygen atoms in total. The number of alkyl carbamates (subject to hydrolysis) is 1. The van der Waals surface area contributed by atoms with Crippen molar-refractivity contribution in [3.05, 3.63) is 0 Å². The van der Waals surface area contributed by atoms with Crippen molar-refractivity contribution >= 4 is 35.9 Å². The second kappa shape index (κ2) is 14.2. The molecule has 1 aliphatic heterocycles. The molecule has 0 bridgehead atoms. The van der Waals surface area contributed by atoms with Crippen LogP contribution in [0.2, 0.25) is 0 Å². The van der Waals surface area contributed by atoms with Gasteiger partial charge in [-0.1, -0.05) is 5.92 Å². The number of nitrogens with one attached hydrogen (secondary N) is 2. The highest BCUT2D eigenvalue weighted by molar-refractivity contribution is 5.79. The van der Waals surface area contributed by atoms with E-state index in [2.05, 4.69) is 21.3 Å². The van der Waals surface area contributed by atoms with Gasteiger partial charge in [0.15, 0.2) is 17.8 Å². The van der Waals surface area contributed by atoms with Crippen molar-refractivity contribution < 1.29 is 66.0 Å². The van der Waals surface area contributed by atoms with Gasteiger partial charge < -0.3 is 39.1 Å². The average molecular weight is 564 g/mol. The van der Waals surface area contributed by atoms with Crippen LogP contribution in [0.5, 0.6) is 0 Å². The second-order valence-corrected chi connectivity index (χ2v) is 8.32. The number of esters is 4. The minimum atomic E-state index is -4.00. The van der Waals surface area contributed by atoms with Crippen LogP contribution >= 0.6 is 0 Å². The fraction of sp³-hybridized carbons (Fsp3) is 0.652. The van der Waals surface area contributed by atoms with Crippen molar-refractivity contribution in [1.29, 1.82) is 0 Å². The van der Waals surface area contributed by atoms with E-state index in [1.807, 2.05) is 0 Å². The fourth-order valence-electron chi connectivity index (χ4n) is 3.70. The molecule has 1 saturated heterocycles. The Morgan fingerprint density at radius 2 is 1.74 bits per heavy atom. The number of hydrogen-bond acceptors (Lipinski definition) is 12. The van der Waals surface area contributed by atoms with Gasteiger partial charge in [0.2, 0.25) is 12.1 Å². The number of terminal acetylenes is 1. The lowest BCUT2D eigenvalue weighted by Crippen LogP contribution is -2.67. The first-order chi connectivity index (χ1) is 18.1. The van der Waals surface area contributed by atoms with E-state index >= 15 is 8.78 Å². The average Bonchev–Trinajstić information content (AvgIpc) is 2.84. The third kappa shape index (κ3) is 9.06. The van der Waals surface area contributed by atoms with Crippen molar-refractivity contribution in [2.45, 2.75) is 70.0 Å². The van der Waals surface area contributed by atoms with Gasteiger partial charge in [-0.3, -0.25) is 19.2 Å². The van der Waals surface area contributed by atoms with Gasteiger partial charge in [-0.15, -0.1) is 6.42 Å². The van der Waals surface area contributed by atoms with Crippen LogP contribution in [-0.2, 0) is 52.4 Å². The minimum absolute atomic E-state index is 0.370. The zero-order chi connectivity index (χ0) is 30.0. The Morgan fingerprint density at radius 1 is 1.10 bits per heavy atom. The van der Waals surface area contributed by atoms with E-state index in [4.69, 9.17) is 30.1 Å². The Hall–Kier alpha value is -4.00. The summed E-state index contributed by atoms with van der Waals surface area (Å²) in [7, 11) is 0.712. The first kappa shape index (κ1) is 33.0. The van der Waals surface area contributed by atoms with Crippen molar-refractivity contribution in [2.75, 3.05) is 26.9 Å². The van der Waals surface area contributed by atoms with E-state index in [1.54, 1.807) is 0 Å². The number of carbonyl (C=O) groups is 6. The molecule has 1 fully saturated rings. The zero-order valence-electron chi connectivity index (χ0n) is 21.9. The normalized spacial score (nSPS) is 27.2. The number of ether oxygens (including phenoxy) is 6. The maximum Gasteiger partial charge on any atom is 0.408 e. The summed E-state index contributed by atoms with van der Waals surface area (Å²) in [5, 5.41) is 4.39. The van der Waals surface area contributed by atoms with Crippen LogP contribution in [0.15, 0.2) is 0 Å². The minimum Gasteiger partial charge on any atom is -0.465 e. The summed E-state index contributed by atoms with van der Waals surface area (Å²) in [4.78, 5) is 72.4. The standard InChI is InChI=1S/C23H30F2N2O12/c1-7-8-26-21(33)39-22(17(37-14(4)30)10-35-13(3)29)9-16(27-12(2)28)18(38-15(5)31)19(24)23(25,36-11-22)20(32)34-6/h1,16-19H,8-11H2,2-6H3,(H,26,33)(H,27,28)/t16-,17+,18?,19?,22?,23?/m0/s1. The van der Waals surface area contributed by atoms with E-state index in [-0.39, 0.29) is 6.54 Å². The Morgan fingerprint density at radius 3 is 2.23 bits per heavy atom. The van der Waals surface area contributed by atoms with Gasteiger partial charge in [-0.2, -0.15) is 4.39 Å². The largest absolute Gasteiger partial charge is 0.465 e. The molecule has 0 aromatic rings. The molecule has 2 amide bonds. The Labute approximate surface area is 222 Å². The molecular formula is C23H30F2N2O12. The number of rotatable bonds is 9.